The third-order valence-electron chi connectivity index (χ3n) is 7.61. The summed E-state index contributed by atoms with van der Waals surface area (Å²) in [5, 5.41) is 4.85. The third kappa shape index (κ3) is 4.83. The lowest BCUT2D eigenvalue weighted by Gasteiger charge is -2.42. The van der Waals surface area contributed by atoms with E-state index >= 15 is 0 Å². The largest absolute Gasteiger partial charge is 0.376 e. The lowest BCUT2D eigenvalue weighted by Crippen LogP contribution is -2.43. The number of nitrogens with zero attached hydrogens (tertiary/aromatic N) is 2. The van der Waals surface area contributed by atoms with E-state index in [2.05, 4.69) is 59.1 Å². The molecule has 30 heavy (non-hydrogen) atoms. The second-order valence-electron chi connectivity index (χ2n) is 9.70. The van der Waals surface area contributed by atoms with Crippen LogP contribution in [-0.4, -0.2) is 40.3 Å². The number of para-hydroxylation sites is 1. The molecule has 0 unspecified atom stereocenters. The highest BCUT2D eigenvalue weighted by molar-refractivity contribution is 7.80. The summed E-state index contributed by atoms with van der Waals surface area (Å²) >= 11 is 4.96. The van der Waals surface area contributed by atoms with Crippen molar-refractivity contribution >= 4 is 28.2 Å². The molecule has 1 aliphatic carbocycles. The van der Waals surface area contributed by atoms with E-state index in [-0.39, 0.29) is 0 Å². The Kier molecular flexibility index (Phi) is 6.99. The SMILES string of the molecule is CC(C)[C@H]1CC[C@@H](N2CCC(n3cc(CCNC(N)=S)c4ccccc43)CC2)CC1. The van der Waals surface area contributed by atoms with Crippen molar-refractivity contribution in [1.29, 1.82) is 0 Å². The highest BCUT2D eigenvalue weighted by Crippen LogP contribution is 2.35. The maximum Gasteiger partial charge on any atom is 0.163 e. The van der Waals surface area contributed by atoms with Crippen LogP contribution in [0.1, 0.15) is 64.0 Å². The van der Waals surface area contributed by atoms with E-state index in [1.807, 2.05) is 0 Å². The van der Waals surface area contributed by atoms with Crippen molar-refractivity contribution < 1.29 is 0 Å². The molecule has 1 aliphatic heterocycles. The first-order chi connectivity index (χ1) is 14.5. The lowest BCUT2D eigenvalue weighted by atomic mass is 9.79. The zero-order valence-corrected chi connectivity index (χ0v) is 19.5. The van der Waals surface area contributed by atoms with Gasteiger partial charge in [0, 0.05) is 48.8 Å². The van der Waals surface area contributed by atoms with E-state index in [9.17, 15) is 0 Å². The van der Waals surface area contributed by atoms with Gasteiger partial charge in [-0.15, -0.1) is 0 Å². The van der Waals surface area contributed by atoms with Crippen molar-refractivity contribution in [2.75, 3.05) is 19.6 Å². The molecule has 0 bridgehead atoms. The molecule has 164 valence electrons. The van der Waals surface area contributed by atoms with E-state index in [1.54, 1.807) is 0 Å². The number of hydrogen-bond acceptors (Lipinski definition) is 2. The van der Waals surface area contributed by atoms with E-state index in [1.165, 1.54) is 68.1 Å². The average Bonchev–Trinajstić information content (AvgIpc) is 3.12. The topological polar surface area (TPSA) is 46.2 Å². The summed E-state index contributed by atoms with van der Waals surface area (Å²) in [5.41, 5.74) is 8.36. The van der Waals surface area contributed by atoms with Crippen LogP contribution in [0.2, 0.25) is 0 Å². The van der Waals surface area contributed by atoms with Crippen LogP contribution in [0.15, 0.2) is 30.5 Å². The zero-order valence-electron chi connectivity index (χ0n) is 18.6. The fraction of sp³-hybridized carbons (Fsp3) is 0.640. The molecular formula is C25H38N4S. The summed E-state index contributed by atoms with van der Waals surface area (Å²) in [6.45, 7) is 8.07. The maximum absolute atomic E-state index is 5.60. The Bertz CT molecular complexity index is 842. The van der Waals surface area contributed by atoms with Gasteiger partial charge in [-0.05, 0) is 80.6 Å². The van der Waals surface area contributed by atoms with E-state index in [4.69, 9.17) is 18.0 Å². The van der Waals surface area contributed by atoms with Gasteiger partial charge in [-0.25, -0.2) is 0 Å². The molecule has 0 atom stereocenters. The molecule has 2 fully saturated rings. The monoisotopic (exact) mass is 426 g/mol. The van der Waals surface area contributed by atoms with Crippen LogP contribution in [0.3, 0.4) is 0 Å². The Labute approximate surface area is 187 Å². The van der Waals surface area contributed by atoms with Crippen LogP contribution in [0.25, 0.3) is 10.9 Å². The molecule has 2 aromatic rings. The van der Waals surface area contributed by atoms with Crippen molar-refractivity contribution in [2.45, 2.75) is 70.9 Å². The number of rotatable bonds is 6. The number of benzene rings is 1. The fourth-order valence-corrected chi connectivity index (χ4v) is 5.86. The van der Waals surface area contributed by atoms with E-state index in [0.717, 1.165) is 30.8 Å². The molecule has 0 amide bonds. The molecule has 1 saturated carbocycles. The van der Waals surface area contributed by atoms with Gasteiger partial charge < -0.3 is 20.5 Å². The van der Waals surface area contributed by atoms with Crippen LogP contribution in [-0.2, 0) is 6.42 Å². The van der Waals surface area contributed by atoms with E-state index in [0.29, 0.717) is 11.2 Å². The fourth-order valence-electron chi connectivity index (χ4n) is 5.76. The van der Waals surface area contributed by atoms with Gasteiger partial charge in [-0.1, -0.05) is 32.0 Å². The first-order valence-electron chi connectivity index (χ1n) is 11.9. The number of hydrogen-bond donors (Lipinski definition) is 2. The molecule has 4 nitrogen and oxygen atoms in total. The first kappa shape index (κ1) is 21.6. The molecule has 3 N–H and O–H groups in total. The summed E-state index contributed by atoms with van der Waals surface area (Å²) in [4.78, 5) is 2.80. The molecule has 0 spiro atoms. The number of piperidine rings is 1. The van der Waals surface area contributed by atoms with Gasteiger partial charge in [0.2, 0.25) is 0 Å². The average molecular weight is 427 g/mol. The second-order valence-corrected chi connectivity index (χ2v) is 10.1. The Morgan fingerprint density at radius 1 is 1.07 bits per heavy atom. The number of thiocarbonyl (C=S) groups is 1. The number of likely N-dealkylation sites (tertiary alicyclic amines) is 1. The summed E-state index contributed by atoms with van der Waals surface area (Å²) < 4.78 is 2.55. The van der Waals surface area contributed by atoms with Gasteiger partial charge in [0.1, 0.15) is 0 Å². The van der Waals surface area contributed by atoms with Gasteiger partial charge in [0.25, 0.3) is 0 Å². The van der Waals surface area contributed by atoms with Gasteiger partial charge in [0.15, 0.2) is 5.11 Å². The maximum atomic E-state index is 5.60. The van der Waals surface area contributed by atoms with Crippen molar-refractivity contribution in [1.82, 2.24) is 14.8 Å². The number of nitrogens with one attached hydrogen (secondary N) is 1. The molecular weight excluding hydrogens is 388 g/mol. The quantitative estimate of drug-likeness (QED) is 0.647. The highest BCUT2D eigenvalue weighted by Gasteiger charge is 2.30. The van der Waals surface area contributed by atoms with Crippen LogP contribution in [0.4, 0.5) is 0 Å². The van der Waals surface area contributed by atoms with Crippen molar-refractivity contribution in [3.8, 4) is 0 Å². The summed E-state index contributed by atoms with van der Waals surface area (Å²) in [5.74, 6) is 1.80. The molecule has 1 aromatic heterocycles. The van der Waals surface area contributed by atoms with Crippen molar-refractivity contribution in [3.63, 3.8) is 0 Å². The summed E-state index contributed by atoms with van der Waals surface area (Å²) in [6, 6.07) is 10.3. The normalized spacial score (nSPS) is 23.8. The Hall–Kier alpha value is -1.59. The third-order valence-corrected chi connectivity index (χ3v) is 7.75. The van der Waals surface area contributed by atoms with Crippen molar-refractivity contribution in [3.05, 3.63) is 36.0 Å². The minimum absolute atomic E-state index is 0.383. The number of aromatic nitrogens is 1. The summed E-state index contributed by atoms with van der Waals surface area (Å²) in [7, 11) is 0. The van der Waals surface area contributed by atoms with Crippen molar-refractivity contribution in [2.24, 2.45) is 17.6 Å². The van der Waals surface area contributed by atoms with Gasteiger partial charge >= 0.3 is 0 Å². The molecule has 0 radical (unpaired) electrons. The second kappa shape index (κ2) is 9.69. The molecule has 2 heterocycles. The Morgan fingerprint density at radius 2 is 1.77 bits per heavy atom. The number of nitrogens with two attached hydrogens (primary N) is 1. The standard InChI is InChI=1S/C25H38N4S/c1-18(2)19-7-9-21(10-8-19)28-15-12-22(13-16-28)29-17-20(11-14-27-25(26)30)23-5-3-4-6-24(23)29/h3-6,17-19,21-22H,7-16H2,1-2H3,(H3,26,27,30)/t19-,21+. The predicted octanol–water partition coefficient (Wildman–Crippen LogP) is 4.87. The zero-order chi connectivity index (χ0) is 21.1. The Morgan fingerprint density at radius 3 is 2.43 bits per heavy atom. The van der Waals surface area contributed by atoms with Crippen LogP contribution < -0.4 is 11.1 Å². The van der Waals surface area contributed by atoms with E-state index < -0.39 is 0 Å². The molecule has 2 aliphatic rings. The highest BCUT2D eigenvalue weighted by atomic mass is 32.1. The summed E-state index contributed by atoms with van der Waals surface area (Å²) in [6.07, 6.45) is 11.5. The minimum atomic E-state index is 0.383. The van der Waals surface area contributed by atoms with Crippen LogP contribution in [0.5, 0.6) is 0 Å². The predicted molar refractivity (Wildman–Crippen MR) is 131 cm³/mol. The van der Waals surface area contributed by atoms with Gasteiger partial charge in [0.05, 0.1) is 0 Å². The van der Waals surface area contributed by atoms with Crippen LogP contribution in [0, 0.1) is 11.8 Å². The van der Waals surface area contributed by atoms with Crippen LogP contribution >= 0.6 is 12.2 Å². The molecule has 5 heteroatoms. The number of fused-ring (bicyclic) bond motifs is 1. The molecule has 1 aromatic carbocycles. The van der Waals surface area contributed by atoms with Gasteiger partial charge in [-0.2, -0.15) is 0 Å². The van der Waals surface area contributed by atoms with Gasteiger partial charge in [-0.3, -0.25) is 0 Å². The Balaban J connectivity index is 1.39. The molecule has 4 rings (SSSR count). The minimum Gasteiger partial charge on any atom is -0.376 e. The smallest absolute Gasteiger partial charge is 0.163 e. The lowest BCUT2D eigenvalue weighted by molar-refractivity contribution is 0.0894. The molecule has 1 saturated heterocycles. The first-order valence-corrected chi connectivity index (χ1v) is 12.3.